The predicted molar refractivity (Wildman–Crippen MR) is 250 cm³/mol. The highest BCUT2D eigenvalue weighted by Gasteiger charge is 2.25. The maximum Gasteiger partial charge on any atom is 0.235 e. The van der Waals surface area contributed by atoms with Gasteiger partial charge in [-0.1, -0.05) is 121 Å². The Bertz CT molecular complexity index is 3970. The van der Waals surface area contributed by atoms with Gasteiger partial charge in [0.05, 0.1) is 27.6 Å². The summed E-state index contributed by atoms with van der Waals surface area (Å²) in [6.45, 7) is 0. The van der Waals surface area contributed by atoms with Gasteiger partial charge in [-0.15, -0.1) is 0 Å². The number of fused-ring (bicyclic) bond motifs is 12. The zero-order valence-electron chi connectivity index (χ0n) is 32.3. The van der Waals surface area contributed by atoms with Crippen LogP contribution in [0.15, 0.2) is 188 Å². The first-order chi connectivity index (χ1) is 29.8. The van der Waals surface area contributed by atoms with Gasteiger partial charge in [-0.3, -0.25) is 9.55 Å². The standard InChI is InChI=1S/C55H33N5/c1-2-15-35(16-3-1)59-45-24-8-6-17-38(45)51-40-21-10-19-36-37-20-11-22-41-50(37)43(42(49(36)40)30-47(51)59)31-48-52(41)39-18-7-9-25-46(39)60(48)55-57-44-23-12-28-56-54(44)53(58-55)34-27-26-32-13-4-5-14-33(32)29-34/h1-25,27-32H,26H2. The molecule has 0 N–H and O–H groups in total. The summed E-state index contributed by atoms with van der Waals surface area (Å²) >= 11 is 0. The molecular weight excluding hydrogens is 731 g/mol. The molecule has 1 atom stereocenters. The van der Waals surface area contributed by atoms with E-state index in [4.69, 9.17) is 15.0 Å². The molecular formula is C55H33N5. The van der Waals surface area contributed by atoms with Crippen LogP contribution in [0.5, 0.6) is 0 Å². The van der Waals surface area contributed by atoms with Crippen molar-refractivity contribution in [3.63, 3.8) is 0 Å². The third-order valence-electron chi connectivity index (χ3n) is 13.2. The largest absolute Gasteiger partial charge is 0.309 e. The van der Waals surface area contributed by atoms with Gasteiger partial charge < -0.3 is 4.57 Å². The van der Waals surface area contributed by atoms with Crippen molar-refractivity contribution in [1.82, 2.24) is 24.1 Å². The summed E-state index contributed by atoms with van der Waals surface area (Å²) in [6, 6.07) is 51.0. The van der Waals surface area contributed by atoms with Gasteiger partial charge in [0.15, 0.2) is 0 Å². The van der Waals surface area contributed by atoms with Crippen molar-refractivity contribution in [2.24, 2.45) is 5.92 Å². The number of hydrogen-bond acceptors (Lipinski definition) is 3. The molecule has 14 rings (SSSR count). The molecule has 60 heavy (non-hydrogen) atoms. The van der Waals surface area contributed by atoms with Crippen molar-refractivity contribution in [3.05, 3.63) is 193 Å². The minimum Gasteiger partial charge on any atom is -0.309 e. The third-order valence-corrected chi connectivity index (χ3v) is 13.2. The highest BCUT2D eigenvalue weighted by atomic mass is 15.2. The fourth-order valence-electron chi connectivity index (χ4n) is 10.7. The first-order valence-corrected chi connectivity index (χ1v) is 20.7. The second-order valence-corrected chi connectivity index (χ2v) is 16.3. The Morgan fingerprint density at radius 2 is 1.13 bits per heavy atom. The van der Waals surface area contributed by atoms with Gasteiger partial charge in [-0.25, -0.2) is 9.97 Å². The maximum absolute atomic E-state index is 5.49. The van der Waals surface area contributed by atoms with Crippen molar-refractivity contribution < 1.29 is 0 Å². The lowest BCUT2D eigenvalue weighted by Gasteiger charge is -2.21. The smallest absolute Gasteiger partial charge is 0.235 e. The van der Waals surface area contributed by atoms with Crippen LogP contribution in [0.2, 0.25) is 0 Å². The number of para-hydroxylation sites is 3. The molecule has 0 aliphatic heterocycles. The van der Waals surface area contributed by atoms with Crippen LogP contribution in [0, 0.1) is 5.92 Å². The number of aromatic nitrogens is 5. The molecule has 5 nitrogen and oxygen atoms in total. The van der Waals surface area contributed by atoms with E-state index in [-0.39, 0.29) is 0 Å². The van der Waals surface area contributed by atoms with Crippen molar-refractivity contribution in [1.29, 1.82) is 0 Å². The Kier molecular flexibility index (Phi) is 6.34. The van der Waals surface area contributed by atoms with Crippen molar-refractivity contribution >= 4 is 103 Å². The summed E-state index contributed by atoms with van der Waals surface area (Å²) in [4.78, 5) is 15.7. The van der Waals surface area contributed by atoms with E-state index in [0.29, 0.717) is 11.9 Å². The molecule has 4 heterocycles. The maximum atomic E-state index is 5.49. The Morgan fingerprint density at radius 3 is 1.87 bits per heavy atom. The van der Waals surface area contributed by atoms with Crippen LogP contribution < -0.4 is 0 Å². The van der Waals surface area contributed by atoms with Crippen LogP contribution >= 0.6 is 0 Å². The van der Waals surface area contributed by atoms with E-state index >= 15 is 0 Å². The molecule has 2 aliphatic rings. The lowest BCUT2D eigenvalue weighted by Crippen LogP contribution is -2.09. The summed E-state index contributed by atoms with van der Waals surface area (Å²) in [6.07, 6.45) is 16.1. The highest BCUT2D eigenvalue weighted by Crippen LogP contribution is 2.49. The summed E-state index contributed by atoms with van der Waals surface area (Å²) in [5.41, 5.74) is 10.6. The molecule has 2 aliphatic carbocycles. The molecule has 1 unspecified atom stereocenters. The fraction of sp³-hybridized carbons (Fsp3) is 0.0364. The monoisotopic (exact) mass is 763 g/mol. The van der Waals surface area contributed by atoms with Gasteiger partial charge in [-0.05, 0) is 115 Å². The summed E-state index contributed by atoms with van der Waals surface area (Å²) in [5, 5.41) is 15.0. The van der Waals surface area contributed by atoms with Crippen LogP contribution in [0.25, 0.3) is 115 Å². The van der Waals surface area contributed by atoms with Gasteiger partial charge in [-0.2, -0.15) is 0 Å². The quantitative estimate of drug-likeness (QED) is 0.133. The SMILES string of the molecule is C1=CC2=CC(c3nc(-n4c5ccccc5c5c6cccc7c8cccc9c8c(cc8c9c9ccccc9n8-c8ccccc8)c(cc54)c76)nc4cccnc34)=CCC2C=C1. The number of allylic oxidation sites excluding steroid dienone is 8. The van der Waals surface area contributed by atoms with E-state index in [0.717, 1.165) is 45.4 Å². The lowest BCUT2D eigenvalue weighted by atomic mass is 9.85. The van der Waals surface area contributed by atoms with Crippen LogP contribution in [0.3, 0.4) is 0 Å². The predicted octanol–water partition coefficient (Wildman–Crippen LogP) is 13.7. The molecule has 278 valence electrons. The number of rotatable bonds is 3. The second-order valence-electron chi connectivity index (χ2n) is 16.3. The first kappa shape index (κ1) is 32.1. The van der Waals surface area contributed by atoms with Crippen LogP contribution in [0.4, 0.5) is 0 Å². The van der Waals surface area contributed by atoms with Crippen molar-refractivity contribution in [2.45, 2.75) is 6.42 Å². The normalized spacial score (nSPS) is 15.5. The van der Waals surface area contributed by atoms with Gasteiger partial charge >= 0.3 is 0 Å². The molecule has 0 radical (unpaired) electrons. The van der Waals surface area contributed by atoms with E-state index < -0.39 is 0 Å². The molecule has 0 saturated heterocycles. The number of hydrogen-bond donors (Lipinski definition) is 0. The average molecular weight is 764 g/mol. The van der Waals surface area contributed by atoms with E-state index in [1.165, 1.54) is 81.2 Å². The fourth-order valence-corrected chi connectivity index (χ4v) is 10.7. The van der Waals surface area contributed by atoms with Gasteiger partial charge in [0.25, 0.3) is 0 Å². The van der Waals surface area contributed by atoms with E-state index in [1.54, 1.807) is 0 Å². The van der Waals surface area contributed by atoms with Gasteiger partial charge in [0.1, 0.15) is 11.2 Å². The first-order valence-electron chi connectivity index (χ1n) is 20.7. The van der Waals surface area contributed by atoms with E-state index in [9.17, 15) is 0 Å². The molecule has 0 spiro atoms. The van der Waals surface area contributed by atoms with Crippen molar-refractivity contribution in [3.8, 4) is 11.6 Å². The molecule has 5 heteroatoms. The Balaban J connectivity index is 1.14. The highest BCUT2D eigenvalue weighted by molar-refractivity contribution is 6.41. The topological polar surface area (TPSA) is 48.5 Å². The van der Waals surface area contributed by atoms with Gasteiger partial charge in [0.2, 0.25) is 5.95 Å². The zero-order chi connectivity index (χ0) is 39.1. The molecule has 0 amide bonds. The summed E-state index contributed by atoms with van der Waals surface area (Å²) < 4.78 is 4.73. The van der Waals surface area contributed by atoms with E-state index in [1.807, 2.05) is 12.3 Å². The molecule has 12 aromatic rings. The van der Waals surface area contributed by atoms with Crippen molar-refractivity contribution in [2.75, 3.05) is 0 Å². The van der Waals surface area contributed by atoms with Crippen LogP contribution in [0.1, 0.15) is 12.1 Å². The lowest BCUT2D eigenvalue weighted by molar-refractivity contribution is 0.782. The zero-order valence-corrected chi connectivity index (χ0v) is 32.3. The minimum atomic E-state index is 0.386. The number of benzene rings is 8. The third kappa shape index (κ3) is 4.23. The Morgan fingerprint density at radius 1 is 0.500 bits per heavy atom. The van der Waals surface area contributed by atoms with Crippen LogP contribution in [-0.2, 0) is 0 Å². The molecule has 0 bridgehead atoms. The van der Waals surface area contributed by atoms with Gasteiger partial charge in [0, 0.05) is 39.3 Å². The average Bonchev–Trinajstić information content (AvgIpc) is 3.83. The van der Waals surface area contributed by atoms with Crippen LogP contribution in [-0.4, -0.2) is 24.1 Å². The molecule has 0 saturated carbocycles. The summed E-state index contributed by atoms with van der Waals surface area (Å²) in [7, 11) is 0. The number of nitrogens with zero attached hydrogens (tertiary/aromatic N) is 5. The minimum absolute atomic E-state index is 0.386. The molecule has 4 aromatic heterocycles. The molecule has 8 aromatic carbocycles. The summed E-state index contributed by atoms with van der Waals surface area (Å²) in [5.74, 6) is 1.03. The Labute approximate surface area is 343 Å². The number of pyridine rings is 1. The van der Waals surface area contributed by atoms with E-state index in [2.05, 4.69) is 179 Å². The second kappa shape index (κ2) is 11.8. The molecule has 0 fully saturated rings. The Hall–Kier alpha value is -7.89.